The second-order valence-corrected chi connectivity index (χ2v) is 3.57. The lowest BCUT2D eigenvalue weighted by Crippen LogP contribution is -2.25. The van der Waals surface area contributed by atoms with Crippen LogP contribution in [0.4, 0.5) is 0 Å². The Morgan fingerprint density at radius 1 is 1.43 bits per heavy atom. The smallest absolute Gasteiger partial charge is 0.0929 e. The van der Waals surface area contributed by atoms with E-state index in [1.165, 1.54) is 11.3 Å². The van der Waals surface area contributed by atoms with Crippen molar-refractivity contribution in [2.45, 2.75) is 6.42 Å². The average Bonchev–Trinajstić information content (AvgIpc) is 2.65. The Balaban J connectivity index is 2.09. The molecule has 3 aliphatic rings. The van der Waals surface area contributed by atoms with Crippen LogP contribution in [0.3, 0.4) is 0 Å². The summed E-state index contributed by atoms with van der Waals surface area (Å²) < 4.78 is 0. The summed E-state index contributed by atoms with van der Waals surface area (Å²) in [5.74, 6) is 0. The minimum Gasteiger partial charge on any atom is -0.335 e. The first kappa shape index (κ1) is 7.67. The molecule has 0 saturated carbocycles. The lowest BCUT2D eigenvalue weighted by atomic mass is 9.95. The van der Waals surface area contributed by atoms with Gasteiger partial charge in [0.05, 0.1) is 30.5 Å². The minimum atomic E-state index is 0.806. The van der Waals surface area contributed by atoms with Crippen LogP contribution in [0.5, 0.6) is 0 Å². The van der Waals surface area contributed by atoms with Crippen LogP contribution in [0.15, 0.2) is 50.0 Å². The monoisotopic (exact) mass is 186 g/mol. The van der Waals surface area contributed by atoms with Gasteiger partial charge in [0.2, 0.25) is 0 Å². The molecule has 70 valence electrons. The number of allylic oxidation sites excluding steroid dienone is 1. The van der Waals surface area contributed by atoms with Crippen LogP contribution in [0.2, 0.25) is 0 Å². The van der Waals surface area contributed by atoms with Gasteiger partial charge in [0, 0.05) is 12.6 Å². The Hall–Kier alpha value is -1.71. The number of rotatable bonds is 0. The summed E-state index contributed by atoms with van der Waals surface area (Å²) in [5, 5.41) is 8.01. The zero-order valence-electron chi connectivity index (χ0n) is 7.94. The van der Waals surface area contributed by atoms with E-state index in [9.17, 15) is 0 Å². The highest BCUT2D eigenvalue weighted by Crippen LogP contribution is 2.36. The van der Waals surface area contributed by atoms with Gasteiger partial charge in [-0.25, -0.2) is 0 Å². The van der Waals surface area contributed by atoms with Crippen molar-refractivity contribution in [3.8, 4) is 0 Å². The van der Waals surface area contributed by atoms with Gasteiger partial charge in [0.25, 0.3) is 0 Å². The Morgan fingerprint density at radius 3 is 3.29 bits per heavy atom. The van der Waals surface area contributed by atoms with Gasteiger partial charge < -0.3 is 4.90 Å². The Bertz CT molecular complexity index is 437. The van der Waals surface area contributed by atoms with E-state index in [1.54, 1.807) is 0 Å². The Kier molecular flexibility index (Phi) is 1.45. The number of nitrogens with zero attached hydrogens (tertiary/aromatic N) is 4. The van der Waals surface area contributed by atoms with Crippen LogP contribution >= 0.6 is 0 Å². The van der Waals surface area contributed by atoms with Crippen LogP contribution in [-0.4, -0.2) is 24.8 Å². The molecule has 0 N–H and O–H groups in total. The summed E-state index contributed by atoms with van der Waals surface area (Å²) in [6.07, 6.45) is 6.76. The first-order chi connectivity index (χ1) is 6.86. The molecular weight excluding hydrogens is 176 g/mol. The highest BCUT2D eigenvalue weighted by Gasteiger charge is 2.26. The van der Waals surface area contributed by atoms with Gasteiger partial charge in [-0.05, 0) is 12.0 Å². The topological polar surface area (TPSA) is 40.3 Å². The molecule has 0 bridgehead atoms. The quantitative estimate of drug-likeness (QED) is 0.569. The van der Waals surface area contributed by atoms with Crippen molar-refractivity contribution >= 4 is 6.34 Å². The molecule has 2 heterocycles. The number of hydrogen-bond acceptors (Lipinski definition) is 4. The van der Waals surface area contributed by atoms with Crippen molar-refractivity contribution in [3.63, 3.8) is 0 Å². The molecule has 2 aliphatic heterocycles. The SMILES string of the molecule is CN1C=NCC2=C1C1=CN=NC1=CC2. The highest BCUT2D eigenvalue weighted by atomic mass is 15.2. The third-order valence-electron chi connectivity index (χ3n) is 2.65. The molecule has 0 atom stereocenters. The fourth-order valence-corrected chi connectivity index (χ4v) is 2.02. The second kappa shape index (κ2) is 2.64. The minimum absolute atomic E-state index is 0.806. The van der Waals surface area contributed by atoms with Gasteiger partial charge in [-0.2, -0.15) is 10.2 Å². The number of aliphatic imine (C=N–C) groups is 1. The van der Waals surface area contributed by atoms with Crippen molar-refractivity contribution in [1.29, 1.82) is 0 Å². The van der Waals surface area contributed by atoms with Crippen LogP contribution in [0.25, 0.3) is 0 Å². The normalized spacial score (nSPS) is 23.4. The van der Waals surface area contributed by atoms with E-state index in [-0.39, 0.29) is 0 Å². The van der Waals surface area contributed by atoms with Crippen LogP contribution < -0.4 is 0 Å². The summed E-state index contributed by atoms with van der Waals surface area (Å²) in [5.41, 5.74) is 4.74. The van der Waals surface area contributed by atoms with Crippen molar-refractivity contribution < 1.29 is 0 Å². The number of hydrogen-bond donors (Lipinski definition) is 0. The van der Waals surface area contributed by atoms with Gasteiger partial charge in [-0.1, -0.05) is 6.08 Å². The summed E-state index contributed by atoms with van der Waals surface area (Å²) in [6, 6.07) is 0. The van der Waals surface area contributed by atoms with Crippen molar-refractivity contribution in [2.24, 2.45) is 15.2 Å². The van der Waals surface area contributed by atoms with Crippen LogP contribution in [0.1, 0.15) is 6.42 Å². The molecule has 4 nitrogen and oxygen atoms in total. The molecule has 0 amide bonds. The Morgan fingerprint density at radius 2 is 2.36 bits per heavy atom. The van der Waals surface area contributed by atoms with E-state index in [0.717, 1.165) is 24.2 Å². The van der Waals surface area contributed by atoms with E-state index in [4.69, 9.17) is 0 Å². The van der Waals surface area contributed by atoms with E-state index < -0.39 is 0 Å². The van der Waals surface area contributed by atoms with Crippen molar-refractivity contribution in [1.82, 2.24) is 4.90 Å². The molecular formula is C10H10N4. The number of azo groups is 1. The van der Waals surface area contributed by atoms with Gasteiger partial charge >= 0.3 is 0 Å². The maximum absolute atomic E-state index is 4.28. The van der Waals surface area contributed by atoms with Crippen molar-refractivity contribution in [3.05, 3.63) is 34.8 Å². The first-order valence-electron chi connectivity index (χ1n) is 4.63. The lowest BCUT2D eigenvalue weighted by molar-refractivity contribution is 0.618. The van der Waals surface area contributed by atoms with Gasteiger partial charge in [-0.3, -0.25) is 4.99 Å². The molecule has 0 aromatic carbocycles. The van der Waals surface area contributed by atoms with E-state index in [2.05, 4.69) is 21.3 Å². The first-order valence-corrected chi connectivity index (χ1v) is 4.63. The molecule has 0 aromatic heterocycles. The highest BCUT2D eigenvalue weighted by molar-refractivity contribution is 5.67. The largest absolute Gasteiger partial charge is 0.335 e. The Labute approximate surface area is 82.0 Å². The third kappa shape index (κ3) is 0.907. The summed E-state index contributed by atoms with van der Waals surface area (Å²) in [6.45, 7) is 0.806. The number of fused-ring (bicyclic) bond motifs is 2. The predicted octanol–water partition coefficient (Wildman–Crippen LogP) is 1.85. The molecule has 0 unspecified atom stereocenters. The maximum Gasteiger partial charge on any atom is 0.0929 e. The summed E-state index contributed by atoms with van der Waals surface area (Å²) >= 11 is 0. The molecule has 0 aromatic rings. The standard InChI is InChI=1S/C10H10N4/c1-14-6-11-4-7-2-3-9-8(10(7)14)5-12-13-9/h3,5-6H,2,4H2,1H3. The van der Waals surface area contributed by atoms with Crippen LogP contribution in [0, 0.1) is 0 Å². The van der Waals surface area contributed by atoms with E-state index >= 15 is 0 Å². The predicted molar refractivity (Wildman–Crippen MR) is 53.8 cm³/mol. The molecule has 4 heteroatoms. The lowest BCUT2D eigenvalue weighted by Gasteiger charge is -2.28. The third-order valence-corrected chi connectivity index (χ3v) is 2.65. The molecule has 0 spiro atoms. The fraction of sp³-hybridized carbons (Fsp3) is 0.300. The summed E-state index contributed by atoms with van der Waals surface area (Å²) in [4.78, 5) is 6.33. The van der Waals surface area contributed by atoms with E-state index in [0.29, 0.717) is 0 Å². The van der Waals surface area contributed by atoms with Gasteiger partial charge in [0.15, 0.2) is 0 Å². The van der Waals surface area contributed by atoms with Crippen molar-refractivity contribution in [2.75, 3.05) is 13.6 Å². The summed E-state index contributed by atoms with van der Waals surface area (Å²) in [7, 11) is 2.01. The average molecular weight is 186 g/mol. The van der Waals surface area contributed by atoms with Gasteiger partial charge in [-0.15, -0.1) is 0 Å². The van der Waals surface area contributed by atoms with Gasteiger partial charge in [0.1, 0.15) is 0 Å². The molecule has 0 saturated heterocycles. The molecule has 3 rings (SSSR count). The second-order valence-electron chi connectivity index (χ2n) is 3.57. The zero-order chi connectivity index (χ0) is 9.54. The number of likely N-dealkylation sites (N-methyl/N-ethyl adjacent to an activating group) is 1. The van der Waals surface area contributed by atoms with E-state index in [1.807, 2.05) is 24.5 Å². The molecule has 14 heavy (non-hydrogen) atoms. The van der Waals surface area contributed by atoms with Crippen LogP contribution in [-0.2, 0) is 0 Å². The zero-order valence-corrected chi connectivity index (χ0v) is 7.94. The maximum atomic E-state index is 4.28. The fourth-order valence-electron chi connectivity index (χ4n) is 2.02. The molecule has 1 aliphatic carbocycles. The molecule has 0 radical (unpaired) electrons. The molecule has 0 fully saturated rings.